The van der Waals surface area contributed by atoms with Gasteiger partial charge < -0.3 is 4.90 Å². The van der Waals surface area contributed by atoms with Crippen LogP contribution in [0.5, 0.6) is 0 Å². The van der Waals surface area contributed by atoms with Crippen LogP contribution in [0.4, 0.5) is 5.69 Å². The van der Waals surface area contributed by atoms with Gasteiger partial charge in [-0.15, -0.1) is 0 Å². The molecule has 1 heteroatoms. The molecule has 1 fully saturated rings. The van der Waals surface area contributed by atoms with Crippen molar-refractivity contribution in [3.8, 4) is 0 Å². The summed E-state index contributed by atoms with van der Waals surface area (Å²) in [6.45, 7) is 14.3. The van der Waals surface area contributed by atoms with Crippen molar-refractivity contribution in [1.29, 1.82) is 0 Å². The average molecular weight is 416 g/mol. The zero-order valence-electron chi connectivity index (χ0n) is 20.2. The highest BCUT2D eigenvalue weighted by molar-refractivity contribution is 5.90. The SMILES string of the molecule is C=C1c2c(ccc(CCC)c2CC)N([C@@H](C)Cc2ccccc2)C1[C@H]1CC[C@H](C)CC1. The fraction of sp³-hybridized carbons (Fsp3) is 0.533. The number of fused-ring (bicyclic) bond motifs is 1. The molecule has 1 saturated carbocycles. The molecular weight excluding hydrogens is 374 g/mol. The molecule has 4 rings (SSSR count). The Kier molecular flexibility index (Phi) is 6.89. The van der Waals surface area contributed by atoms with E-state index < -0.39 is 0 Å². The van der Waals surface area contributed by atoms with Crippen LogP contribution in [0, 0.1) is 11.8 Å². The lowest BCUT2D eigenvalue weighted by Gasteiger charge is -2.40. The zero-order valence-corrected chi connectivity index (χ0v) is 20.2. The third-order valence-corrected chi connectivity index (χ3v) is 7.87. The Labute approximate surface area is 190 Å². The van der Waals surface area contributed by atoms with Crippen LogP contribution in [0.2, 0.25) is 0 Å². The van der Waals surface area contributed by atoms with Crippen molar-refractivity contribution >= 4 is 11.3 Å². The summed E-state index contributed by atoms with van der Waals surface area (Å²) < 4.78 is 0. The molecule has 2 aromatic rings. The molecule has 1 aliphatic carbocycles. The molecule has 0 saturated heterocycles. The first kappa shape index (κ1) is 22.2. The van der Waals surface area contributed by atoms with E-state index in [0.717, 1.165) is 24.7 Å². The van der Waals surface area contributed by atoms with E-state index in [4.69, 9.17) is 6.58 Å². The maximum absolute atomic E-state index is 4.78. The normalized spacial score (nSPS) is 24.3. The average Bonchev–Trinajstić information content (AvgIpc) is 3.08. The third kappa shape index (κ3) is 4.34. The van der Waals surface area contributed by atoms with Crippen LogP contribution in [-0.4, -0.2) is 12.1 Å². The second-order valence-electron chi connectivity index (χ2n) is 10.1. The summed E-state index contributed by atoms with van der Waals surface area (Å²) in [7, 11) is 0. The van der Waals surface area contributed by atoms with Gasteiger partial charge in [0.15, 0.2) is 0 Å². The predicted octanol–water partition coefficient (Wildman–Crippen LogP) is 7.86. The molecule has 0 aromatic heterocycles. The lowest BCUT2D eigenvalue weighted by molar-refractivity contribution is 0.268. The topological polar surface area (TPSA) is 3.24 Å². The maximum Gasteiger partial charge on any atom is 0.0574 e. The van der Waals surface area contributed by atoms with Crippen LogP contribution >= 0.6 is 0 Å². The summed E-state index contributed by atoms with van der Waals surface area (Å²) in [6.07, 6.45) is 10.00. The molecule has 31 heavy (non-hydrogen) atoms. The number of nitrogens with zero attached hydrogens (tertiary/aromatic N) is 1. The van der Waals surface area contributed by atoms with E-state index in [1.165, 1.54) is 60.9 Å². The standard InChI is InChI=1S/C30H41N/c1-6-11-25-18-19-28-29(27(25)7-2)23(5)30(26-16-14-21(3)15-17-26)31(28)22(4)20-24-12-9-8-10-13-24/h8-10,12-13,18-19,21-22,26,30H,5-7,11,14-17,20H2,1-4H3/t21-,22-,26-,30?/m0/s1. The van der Waals surface area contributed by atoms with E-state index in [9.17, 15) is 0 Å². The minimum absolute atomic E-state index is 0.461. The van der Waals surface area contributed by atoms with Gasteiger partial charge in [-0.2, -0.15) is 0 Å². The van der Waals surface area contributed by atoms with Crippen LogP contribution in [-0.2, 0) is 19.3 Å². The Bertz CT molecular complexity index is 888. The maximum atomic E-state index is 4.78. The van der Waals surface area contributed by atoms with Gasteiger partial charge in [-0.05, 0) is 79.2 Å². The van der Waals surface area contributed by atoms with E-state index in [0.29, 0.717) is 12.1 Å². The number of hydrogen-bond acceptors (Lipinski definition) is 1. The molecule has 0 radical (unpaired) electrons. The molecule has 0 amide bonds. The van der Waals surface area contributed by atoms with Crippen LogP contribution in [0.1, 0.15) is 82.1 Å². The van der Waals surface area contributed by atoms with Crippen LogP contribution < -0.4 is 4.90 Å². The number of rotatable bonds is 7. The second-order valence-corrected chi connectivity index (χ2v) is 10.1. The first-order valence-corrected chi connectivity index (χ1v) is 12.7. The van der Waals surface area contributed by atoms with Gasteiger partial charge in [-0.1, -0.05) is 83.0 Å². The van der Waals surface area contributed by atoms with Gasteiger partial charge in [0.1, 0.15) is 0 Å². The molecule has 1 aliphatic heterocycles. The minimum atomic E-state index is 0.461. The minimum Gasteiger partial charge on any atom is -0.361 e. The van der Waals surface area contributed by atoms with Crippen molar-refractivity contribution in [2.24, 2.45) is 11.8 Å². The summed E-state index contributed by atoms with van der Waals surface area (Å²) in [4.78, 5) is 2.78. The molecule has 0 N–H and O–H groups in total. The van der Waals surface area contributed by atoms with Crippen LogP contribution in [0.15, 0.2) is 49.0 Å². The zero-order chi connectivity index (χ0) is 22.0. The fourth-order valence-corrected chi connectivity index (χ4v) is 6.30. The second kappa shape index (κ2) is 9.63. The van der Waals surface area contributed by atoms with Crippen LogP contribution in [0.25, 0.3) is 5.57 Å². The molecule has 166 valence electrons. The van der Waals surface area contributed by atoms with Gasteiger partial charge in [0.2, 0.25) is 0 Å². The predicted molar refractivity (Wildman–Crippen MR) is 136 cm³/mol. The summed E-state index contributed by atoms with van der Waals surface area (Å²) in [6, 6.07) is 16.8. The van der Waals surface area contributed by atoms with Gasteiger partial charge in [0.25, 0.3) is 0 Å². The monoisotopic (exact) mass is 415 g/mol. The summed E-state index contributed by atoms with van der Waals surface area (Å²) >= 11 is 0. The Morgan fingerprint density at radius 2 is 1.71 bits per heavy atom. The molecule has 2 atom stereocenters. The first-order chi connectivity index (χ1) is 15.0. The van der Waals surface area contributed by atoms with Gasteiger partial charge in [-0.3, -0.25) is 0 Å². The van der Waals surface area contributed by atoms with E-state index in [2.05, 4.69) is 75.1 Å². The number of anilines is 1. The number of benzene rings is 2. The number of aryl methyl sites for hydroxylation is 1. The van der Waals surface area contributed by atoms with Crippen LogP contribution in [0.3, 0.4) is 0 Å². The molecule has 0 spiro atoms. The Morgan fingerprint density at radius 1 is 1.00 bits per heavy atom. The quantitative estimate of drug-likeness (QED) is 0.445. The third-order valence-electron chi connectivity index (χ3n) is 7.87. The highest BCUT2D eigenvalue weighted by Crippen LogP contribution is 2.49. The van der Waals surface area contributed by atoms with E-state index in [-0.39, 0.29) is 0 Å². The highest BCUT2D eigenvalue weighted by atomic mass is 15.2. The van der Waals surface area contributed by atoms with Crippen molar-refractivity contribution in [1.82, 2.24) is 0 Å². The highest BCUT2D eigenvalue weighted by Gasteiger charge is 2.42. The van der Waals surface area contributed by atoms with E-state index in [1.54, 1.807) is 11.1 Å². The lowest BCUT2D eigenvalue weighted by atomic mass is 9.76. The van der Waals surface area contributed by atoms with Crippen molar-refractivity contribution in [2.45, 2.75) is 91.1 Å². The Balaban J connectivity index is 1.74. The van der Waals surface area contributed by atoms with E-state index >= 15 is 0 Å². The molecule has 1 nitrogen and oxygen atoms in total. The summed E-state index contributed by atoms with van der Waals surface area (Å²) in [5.41, 5.74) is 8.89. The first-order valence-electron chi connectivity index (χ1n) is 12.7. The van der Waals surface area contributed by atoms with E-state index in [1.807, 2.05) is 0 Å². The van der Waals surface area contributed by atoms with Crippen molar-refractivity contribution in [2.75, 3.05) is 4.90 Å². The van der Waals surface area contributed by atoms with Gasteiger partial charge in [0.05, 0.1) is 6.04 Å². The van der Waals surface area contributed by atoms with Gasteiger partial charge >= 0.3 is 0 Å². The molecule has 1 heterocycles. The lowest BCUT2D eigenvalue weighted by Crippen LogP contribution is -2.45. The molecule has 2 aliphatic rings. The Morgan fingerprint density at radius 3 is 2.35 bits per heavy atom. The smallest absolute Gasteiger partial charge is 0.0574 e. The molecule has 2 aromatic carbocycles. The number of hydrogen-bond donors (Lipinski definition) is 0. The van der Waals surface area contributed by atoms with Gasteiger partial charge in [0, 0.05) is 17.3 Å². The molecule has 1 unspecified atom stereocenters. The molecular formula is C30H41N. The molecule has 0 bridgehead atoms. The van der Waals surface area contributed by atoms with Crippen molar-refractivity contribution < 1.29 is 0 Å². The van der Waals surface area contributed by atoms with Crippen molar-refractivity contribution in [3.05, 3.63) is 71.3 Å². The Hall–Kier alpha value is -2.02. The van der Waals surface area contributed by atoms with Crippen molar-refractivity contribution in [3.63, 3.8) is 0 Å². The summed E-state index contributed by atoms with van der Waals surface area (Å²) in [5.74, 6) is 1.61. The van der Waals surface area contributed by atoms with Gasteiger partial charge in [-0.25, -0.2) is 0 Å². The summed E-state index contributed by atoms with van der Waals surface area (Å²) in [5, 5.41) is 0. The fourth-order valence-electron chi connectivity index (χ4n) is 6.30. The largest absolute Gasteiger partial charge is 0.361 e.